The van der Waals surface area contributed by atoms with E-state index in [9.17, 15) is 4.79 Å². The molecule has 94 valence electrons. The fraction of sp³-hybridized carbons (Fsp3) is 0.250. The third kappa shape index (κ3) is 2.06. The fourth-order valence-electron chi connectivity index (χ4n) is 1.67. The predicted molar refractivity (Wildman–Crippen MR) is 73.6 cm³/mol. The summed E-state index contributed by atoms with van der Waals surface area (Å²) in [7, 11) is 0. The lowest BCUT2D eigenvalue weighted by atomic mass is 10.3. The van der Waals surface area contributed by atoms with E-state index in [0.29, 0.717) is 23.7 Å². The van der Waals surface area contributed by atoms with Crippen LogP contribution in [0.1, 0.15) is 16.6 Å². The van der Waals surface area contributed by atoms with E-state index < -0.39 is 0 Å². The third-order valence-electron chi connectivity index (χ3n) is 2.62. The zero-order valence-electron chi connectivity index (χ0n) is 10.1. The van der Waals surface area contributed by atoms with Crippen LogP contribution in [-0.4, -0.2) is 33.9 Å². The van der Waals surface area contributed by atoms with Crippen molar-refractivity contribution in [3.8, 4) is 0 Å². The summed E-state index contributed by atoms with van der Waals surface area (Å²) in [5, 5.41) is 0.737. The van der Waals surface area contributed by atoms with Gasteiger partial charge in [-0.2, -0.15) is 0 Å². The molecular formula is C12H14N4OS. The maximum absolute atomic E-state index is 12.3. The molecule has 0 unspecified atom stereocenters. The molecule has 1 amide bonds. The number of hydrogen-bond donors (Lipinski definition) is 1. The molecule has 0 spiro atoms. The highest BCUT2D eigenvalue weighted by Crippen LogP contribution is 2.32. The molecule has 0 aliphatic heterocycles. The molecule has 0 saturated carbocycles. The lowest BCUT2D eigenvalue weighted by molar-refractivity contribution is 0.0788. The Balaban J connectivity index is 2.44. The molecule has 0 atom stereocenters. The third-order valence-corrected chi connectivity index (χ3v) is 3.74. The number of rotatable bonds is 4. The van der Waals surface area contributed by atoms with E-state index in [4.69, 9.17) is 5.73 Å². The second-order valence-electron chi connectivity index (χ2n) is 3.72. The van der Waals surface area contributed by atoms with Crippen LogP contribution in [0.25, 0.3) is 10.2 Å². The lowest BCUT2D eigenvalue weighted by Gasteiger charge is -2.18. The Bertz CT molecular complexity index is 593. The Kier molecular flexibility index (Phi) is 3.57. The van der Waals surface area contributed by atoms with Gasteiger partial charge in [0.2, 0.25) is 0 Å². The first-order chi connectivity index (χ1) is 8.69. The molecule has 2 heterocycles. The number of likely N-dealkylation sites (N-methyl/N-ethyl adjacent to an activating group) is 1. The molecule has 18 heavy (non-hydrogen) atoms. The standard InChI is InChI=1S/C12H14N4OS/c1-3-5-16(4-2)12(17)10-9(13)8-6-14-7-15-11(8)18-10/h3,6-7H,1,4-5,13H2,2H3. The van der Waals surface area contributed by atoms with E-state index in [1.807, 2.05) is 6.92 Å². The van der Waals surface area contributed by atoms with Gasteiger partial charge in [0.05, 0.1) is 11.1 Å². The minimum absolute atomic E-state index is 0.0853. The van der Waals surface area contributed by atoms with Gasteiger partial charge in [-0.05, 0) is 6.92 Å². The fourth-order valence-corrected chi connectivity index (χ4v) is 2.67. The first-order valence-electron chi connectivity index (χ1n) is 5.57. The van der Waals surface area contributed by atoms with Crippen molar-refractivity contribution in [1.82, 2.24) is 14.9 Å². The minimum atomic E-state index is -0.0853. The predicted octanol–water partition coefficient (Wildman–Crippen LogP) is 1.92. The smallest absolute Gasteiger partial charge is 0.266 e. The van der Waals surface area contributed by atoms with Crippen molar-refractivity contribution in [3.63, 3.8) is 0 Å². The molecule has 0 bridgehead atoms. The van der Waals surface area contributed by atoms with Crippen LogP contribution >= 0.6 is 11.3 Å². The molecule has 0 aliphatic carbocycles. The Morgan fingerprint density at radius 1 is 1.67 bits per heavy atom. The normalized spacial score (nSPS) is 10.5. The van der Waals surface area contributed by atoms with Gasteiger partial charge in [0.1, 0.15) is 16.0 Å². The second kappa shape index (κ2) is 5.14. The van der Waals surface area contributed by atoms with Gasteiger partial charge in [-0.25, -0.2) is 9.97 Å². The SMILES string of the molecule is C=CCN(CC)C(=O)c1sc2ncncc2c1N. The molecule has 2 rings (SSSR count). The summed E-state index contributed by atoms with van der Waals surface area (Å²) in [5.41, 5.74) is 6.45. The van der Waals surface area contributed by atoms with Gasteiger partial charge in [-0.15, -0.1) is 17.9 Å². The molecule has 0 aromatic carbocycles. The zero-order valence-corrected chi connectivity index (χ0v) is 10.9. The summed E-state index contributed by atoms with van der Waals surface area (Å²) in [4.78, 5) is 23.3. The molecule has 5 nitrogen and oxygen atoms in total. The van der Waals surface area contributed by atoms with Crippen molar-refractivity contribution in [2.75, 3.05) is 18.8 Å². The number of nitrogens with zero attached hydrogens (tertiary/aromatic N) is 3. The van der Waals surface area contributed by atoms with E-state index in [0.717, 1.165) is 10.2 Å². The van der Waals surface area contributed by atoms with Crippen molar-refractivity contribution >= 4 is 33.1 Å². The summed E-state index contributed by atoms with van der Waals surface area (Å²) in [6.45, 7) is 6.69. The number of aromatic nitrogens is 2. The number of amides is 1. The Hall–Kier alpha value is -1.95. The van der Waals surface area contributed by atoms with Crippen molar-refractivity contribution in [2.45, 2.75) is 6.92 Å². The molecule has 0 fully saturated rings. The van der Waals surface area contributed by atoms with Gasteiger partial charge < -0.3 is 10.6 Å². The van der Waals surface area contributed by atoms with E-state index in [2.05, 4.69) is 16.5 Å². The monoisotopic (exact) mass is 262 g/mol. The van der Waals surface area contributed by atoms with Crippen molar-refractivity contribution in [3.05, 3.63) is 30.1 Å². The number of thiophene rings is 1. The van der Waals surface area contributed by atoms with Crippen LogP contribution in [0.4, 0.5) is 5.69 Å². The van der Waals surface area contributed by atoms with Gasteiger partial charge in [-0.1, -0.05) is 6.08 Å². The summed E-state index contributed by atoms with van der Waals surface area (Å²) in [5.74, 6) is -0.0853. The topological polar surface area (TPSA) is 72.1 Å². The van der Waals surface area contributed by atoms with Crippen LogP contribution in [-0.2, 0) is 0 Å². The van der Waals surface area contributed by atoms with Crippen molar-refractivity contribution < 1.29 is 4.79 Å². The van der Waals surface area contributed by atoms with Crippen molar-refractivity contribution in [1.29, 1.82) is 0 Å². The van der Waals surface area contributed by atoms with Gasteiger partial charge in [0, 0.05) is 19.3 Å². The first kappa shape index (κ1) is 12.5. The highest BCUT2D eigenvalue weighted by Gasteiger charge is 2.20. The van der Waals surface area contributed by atoms with Gasteiger partial charge in [0.15, 0.2) is 0 Å². The average molecular weight is 262 g/mol. The highest BCUT2D eigenvalue weighted by atomic mass is 32.1. The molecule has 2 N–H and O–H groups in total. The molecule has 0 saturated heterocycles. The van der Waals surface area contributed by atoms with Crippen LogP contribution in [0, 0.1) is 0 Å². The van der Waals surface area contributed by atoms with Crippen LogP contribution in [0.3, 0.4) is 0 Å². The van der Waals surface area contributed by atoms with E-state index in [1.54, 1.807) is 17.2 Å². The maximum Gasteiger partial charge on any atom is 0.266 e. The van der Waals surface area contributed by atoms with Crippen LogP contribution in [0.15, 0.2) is 25.2 Å². The Morgan fingerprint density at radius 2 is 2.44 bits per heavy atom. The molecule has 2 aromatic rings. The summed E-state index contributed by atoms with van der Waals surface area (Å²) < 4.78 is 0. The molecule has 2 aromatic heterocycles. The Morgan fingerprint density at radius 3 is 3.06 bits per heavy atom. The molecule has 6 heteroatoms. The van der Waals surface area contributed by atoms with Crippen LogP contribution < -0.4 is 5.73 Å². The number of anilines is 1. The number of nitrogens with two attached hydrogens (primary N) is 1. The number of fused-ring (bicyclic) bond motifs is 1. The lowest BCUT2D eigenvalue weighted by Crippen LogP contribution is -2.30. The summed E-state index contributed by atoms with van der Waals surface area (Å²) >= 11 is 1.30. The maximum atomic E-state index is 12.3. The highest BCUT2D eigenvalue weighted by molar-refractivity contribution is 7.21. The van der Waals surface area contributed by atoms with Crippen molar-refractivity contribution in [2.24, 2.45) is 0 Å². The van der Waals surface area contributed by atoms with E-state index >= 15 is 0 Å². The van der Waals surface area contributed by atoms with Crippen LogP contribution in [0.5, 0.6) is 0 Å². The second-order valence-corrected chi connectivity index (χ2v) is 4.72. The number of hydrogen-bond acceptors (Lipinski definition) is 5. The average Bonchev–Trinajstić information content (AvgIpc) is 2.73. The summed E-state index contributed by atoms with van der Waals surface area (Å²) in [6, 6.07) is 0. The van der Waals surface area contributed by atoms with E-state index in [-0.39, 0.29) is 5.91 Å². The van der Waals surface area contributed by atoms with Gasteiger partial charge >= 0.3 is 0 Å². The van der Waals surface area contributed by atoms with E-state index in [1.165, 1.54) is 17.7 Å². The quantitative estimate of drug-likeness (QED) is 0.854. The Labute approximate surface area is 109 Å². The summed E-state index contributed by atoms with van der Waals surface area (Å²) in [6.07, 6.45) is 4.79. The van der Waals surface area contributed by atoms with Crippen LogP contribution in [0.2, 0.25) is 0 Å². The largest absolute Gasteiger partial charge is 0.397 e. The molecule has 0 aliphatic rings. The number of carbonyl (C=O) groups is 1. The first-order valence-corrected chi connectivity index (χ1v) is 6.38. The molecule has 0 radical (unpaired) electrons. The molecular weight excluding hydrogens is 248 g/mol. The minimum Gasteiger partial charge on any atom is -0.397 e. The zero-order chi connectivity index (χ0) is 13.1. The number of carbonyl (C=O) groups excluding carboxylic acids is 1. The van der Waals surface area contributed by atoms with Gasteiger partial charge in [0.25, 0.3) is 5.91 Å². The number of nitrogen functional groups attached to an aromatic ring is 1. The van der Waals surface area contributed by atoms with Gasteiger partial charge in [-0.3, -0.25) is 4.79 Å².